The van der Waals surface area contributed by atoms with Crippen LogP contribution in [0.2, 0.25) is 0 Å². The van der Waals surface area contributed by atoms with E-state index < -0.39 is 0 Å². The minimum absolute atomic E-state index is 0.0844. The Hall–Kier alpha value is -1.36. The van der Waals surface area contributed by atoms with E-state index in [1.165, 1.54) is 0 Å². The predicted molar refractivity (Wildman–Crippen MR) is 75.2 cm³/mol. The van der Waals surface area contributed by atoms with Crippen molar-refractivity contribution in [2.24, 2.45) is 5.92 Å². The number of hydrogen-bond donors (Lipinski definition) is 2. The summed E-state index contributed by atoms with van der Waals surface area (Å²) >= 11 is 0. The summed E-state index contributed by atoms with van der Waals surface area (Å²) in [5.41, 5.74) is -0.0844. The summed E-state index contributed by atoms with van der Waals surface area (Å²) in [5, 5.41) is 3.37. The third-order valence-electron chi connectivity index (χ3n) is 2.68. The molecule has 1 aromatic rings. The molecule has 0 bridgehead atoms. The number of aromatic amines is 1. The van der Waals surface area contributed by atoms with Gasteiger partial charge in [0, 0.05) is 32.6 Å². The molecule has 0 unspecified atom stereocenters. The topological polar surface area (TPSA) is 61.0 Å². The molecule has 0 fully saturated rings. The maximum atomic E-state index is 11.5. The van der Waals surface area contributed by atoms with Crippen LogP contribution in [0.15, 0.2) is 10.9 Å². The summed E-state index contributed by atoms with van der Waals surface area (Å²) in [6.45, 7) is 9.09. The van der Waals surface area contributed by atoms with E-state index in [-0.39, 0.29) is 5.56 Å². The first-order chi connectivity index (χ1) is 8.52. The Bertz CT molecular complexity index is 414. The number of aryl methyl sites for hydroxylation is 1. The van der Waals surface area contributed by atoms with Crippen LogP contribution in [-0.2, 0) is 6.42 Å². The molecule has 0 aliphatic rings. The summed E-state index contributed by atoms with van der Waals surface area (Å²) in [4.78, 5) is 20.6. The number of anilines is 1. The molecule has 0 spiro atoms. The minimum atomic E-state index is -0.0844. The van der Waals surface area contributed by atoms with Crippen LogP contribution in [0.4, 0.5) is 5.82 Å². The maximum Gasteiger partial charge on any atom is 0.252 e. The summed E-state index contributed by atoms with van der Waals surface area (Å²) in [5.74, 6) is 2.13. The van der Waals surface area contributed by atoms with Crippen molar-refractivity contribution in [3.05, 3.63) is 22.2 Å². The first-order valence-corrected chi connectivity index (χ1v) is 6.55. The van der Waals surface area contributed by atoms with Gasteiger partial charge in [-0.3, -0.25) is 4.79 Å². The van der Waals surface area contributed by atoms with Crippen LogP contribution >= 0.6 is 0 Å². The molecule has 0 atom stereocenters. The van der Waals surface area contributed by atoms with Gasteiger partial charge in [0.1, 0.15) is 11.6 Å². The molecule has 0 saturated heterocycles. The van der Waals surface area contributed by atoms with Gasteiger partial charge in [-0.1, -0.05) is 20.8 Å². The quantitative estimate of drug-likeness (QED) is 0.711. The zero-order valence-corrected chi connectivity index (χ0v) is 11.8. The summed E-state index contributed by atoms with van der Waals surface area (Å²) in [7, 11) is 1.96. The molecule has 5 heteroatoms. The number of H-pyrrole nitrogens is 1. The Morgan fingerprint density at radius 1 is 1.50 bits per heavy atom. The second-order valence-electron chi connectivity index (χ2n) is 4.92. The highest BCUT2D eigenvalue weighted by Gasteiger charge is 2.05. The van der Waals surface area contributed by atoms with E-state index in [4.69, 9.17) is 0 Å². The van der Waals surface area contributed by atoms with Crippen LogP contribution in [0.3, 0.4) is 0 Å². The number of aromatic nitrogens is 2. The van der Waals surface area contributed by atoms with Gasteiger partial charge in [0.15, 0.2) is 0 Å². The molecule has 2 N–H and O–H groups in total. The molecule has 18 heavy (non-hydrogen) atoms. The fourth-order valence-electron chi connectivity index (χ4n) is 1.61. The fourth-order valence-corrected chi connectivity index (χ4v) is 1.61. The Kier molecular flexibility index (Phi) is 5.85. The SMILES string of the molecule is CCc1nc(N(C)CCNCC(C)C)cc(=O)[nH]1. The van der Waals surface area contributed by atoms with Crippen LogP contribution in [0.1, 0.15) is 26.6 Å². The second kappa shape index (κ2) is 7.16. The van der Waals surface area contributed by atoms with Crippen molar-refractivity contribution >= 4 is 5.82 Å². The van der Waals surface area contributed by atoms with E-state index in [0.29, 0.717) is 5.92 Å². The zero-order chi connectivity index (χ0) is 13.5. The molecule has 0 aliphatic carbocycles. The van der Waals surface area contributed by atoms with E-state index in [1.54, 1.807) is 6.07 Å². The molecule has 0 amide bonds. The third-order valence-corrected chi connectivity index (χ3v) is 2.68. The largest absolute Gasteiger partial charge is 0.358 e. The number of nitrogens with one attached hydrogen (secondary N) is 2. The first-order valence-electron chi connectivity index (χ1n) is 6.55. The maximum absolute atomic E-state index is 11.5. The van der Waals surface area contributed by atoms with Gasteiger partial charge in [-0.15, -0.1) is 0 Å². The van der Waals surface area contributed by atoms with E-state index in [1.807, 2.05) is 18.9 Å². The van der Waals surface area contributed by atoms with Crippen molar-refractivity contribution in [1.82, 2.24) is 15.3 Å². The molecule has 1 aromatic heterocycles. The smallest absolute Gasteiger partial charge is 0.252 e. The highest BCUT2D eigenvalue weighted by molar-refractivity contribution is 5.36. The van der Waals surface area contributed by atoms with Crippen molar-refractivity contribution in [3.63, 3.8) is 0 Å². The fraction of sp³-hybridized carbons (Fsp3) is 0.692. The van der Waals surface area contributed by atoms with Crippen LogP contribution in [0.25, 0.3) is 0 Å². The van der Waals surface area contributed by atoms with E-state index in [0.717, 1.165) is 37.7 Å². The number of nitrogens with zero attached hydrogens (tertiary/aromatic N) is 2. The van der Waals surface area contributed by atoms with Crippen molar-refractivity contribution in [2.75, 3.05) is 31.6 Å². The molecule has 0 saturated carbocycles. The predicted octanol–water partition coefficient (Wildman–Crippen LogP) is 1.01. The molecule has 102 valence electrons. The van der Waals surface area contributed by atoms with Gasteiger partial charge in [-0.25, -0.2) is 4.98 Å². The van der Waals surface area contributed by atoms with Crippen LogP contribution in [0, 0.1) is 5.92 Å². The van der Waals surface area contributed by atoms with Gasteiger partial charge in [-0.05, 0) is 12.5 Å². The molecule has 1 rings (SSSR count). The third kappa shape index (κ3) is 4.87. The lowest BCUT2D eigenvalue weighted by Gasteiger charge is -2.19. The van der Waals surface area contributed by atoms with Gasteiger partial charge in [0.05, 0.1) is 0 Å². The van der Waals surface area contributed by atoms with Gasteiger partial charge >= 0.3 is 0 Å². The molecular weight excluding hydrogens is 228 g/mol. The van der Waals surface area contributed by atoms with E-state index >= 15 is 0 Å². The van der Waals surface area contributed by atoms with E-state index in [2.05, 4.69) is 29.1 Å². The van der Waals surface area contributed by atoms with Gasteiger partial charge in [-0.2, -0.15) is 0 Å². The zero-order valence-electron chi connectivity index (χ0n) is 11.8. The van der Waals surface area contributed by atoms with Crippen LogP contribution < -0.4 is 15.8 Å². The summed E-state index contributed by atoms with van der Waals surface area (Å²) in [6, 6.07) is 1.54. The van der Waals surface area contributed by atoms with Gasteiger partial charge < -0.3 is 15.2 Å². The average Bonchev–Trinajstić information content (AvgIpc) is 2.33. The van der Waals surface area contributed by atoms with Crippen molar-refractivity contribution in [3.8, 4) is 0 Å². The Morgan fingerprint density at radius 2 is 2.22 bits per heavy atom. The Morgan fingerprint density at radius 3 is 2.83 bits per heavy atom. The summed E-state index contributed by atoms with van der Waals surface area (Å²) < 4.78 is 0. The lowest BCUT2D eigenvalue weighted by molar-refractivity contribution is 0.553. The van der Waals surface area contributed by atoms with Crippen molar-refractivity contribution in [2.45, 2.75) is 27.2 Å². The standard InChI is InChI=1S/C13H24N4O/c1-5-11-15-12(8-13(18)16-11)17(4)7-6-14-9-10(2)3/h8,10,14H,5-7,9H2,1-4H3,(H,15,16,18). The van der Waals surface area contributed by atoms with Crippen LogP contribution in [-0.4, -0.2) is 36.6 Å². The van der Waals surface area contributed by atoms with E-state index in [9.17, 15) is 4.79 Å². The highest BCUT2D eigenvalue weighted by Crippen LogP contribution is 2.04. The Labute approximate surface area is 109 Å². The normalized spacial score (nSPS) is 10.9. The average molecular weight is 252 g/mol. The number of likely N-dealkylation sites (N-methyl/N-ethyl adjacent to an activating group) is 1. The van der Waals surface area contributed by atoms with Crippen molar-refractivity contribution in [1.29, 1.82) is 0 Å². The lowest BCUT2D eigenvalue weighted by atomic mass is 10.2. The molecular formula is C13H24N4O. The van der Waals surface area contributed by atoms with Gasteiger partial charge in [0.25, 0.3) is 5.56 Å². The first kappa shape index (κ1) is 14.7. The molecule has 0 aliphatic heterocycles. The molecule has 1 heterocycles. The lowest BCUT2D eigenvalue weighted by Crippen LogP contribution is -2.32. The highest BCUT2D eigenvalue weighted by atomic mass is 16.1. The molecule has 0 radical (unpaired) electrons. The monoisotopic (exact) mass is 252 g/mol. The van der Waals surface area contributed by atoms with Crippen molar-refractivity contribution < 1.29 is 0 Å². The number of rotatable bonds is 7. The molecule has 5 nitrogen and oxygen atoms in total. The van der Waals surface area contributed by atoms with Crippen LogP contribution in [0.5, 0.6) is 0 Å². The van der Waals surface area contributed by atoms with Gasteiger partial charge in [0.2, 0.25) is 0 Å². The number of hydrogen-bond acceptors (Lipinski definition) is 4. The molecule has 0 aromatic carbocycles. The second-order valence-corrected chi connectivity index (χ2v) is 4.92. The Balaban J connectivity index is 2.53. The minimum Gasteiger partial charge on any atom is -0.358 e. The summed E-state index contributed by atoms with van der Waals surface area (Å²) in [6.07, 6.45) is 0.739.